The summed E-state index contributed by atoms with van der Waals surface area (Å²) < 4.78 is 10.8. The molecule has 1 N–H and O–H groups in total. The monoisotopic (exact) mass is 459 g/mol. The number of carboxylic acid groups (broad SMARTS) is 1. The molecule has 1 aliphatic rings. The summed E-state index contributed by atoms with van der Waals surface area (Å²) >= 11 is 0. The number of aryl methyl sites for hydroxylation is 1. The van der Waals surface area contributed by atoms with Crippen molar-refractivity contribution >= 4 is 12.1 Å². The Balaban J connectivity index is 1.73. The van der Waals surface area contributed by atoms with E-state index in [1.165, 1.54) is 18.2 Å². The highest BCUT2D eigenvalue weighted by atomic mass is 16.5. The fourth-order valence-electron chi connectivity index (χ4n) is 4.77. The van der Waals surface area contributed by atoms with E-state index in [0.29, 0.717) is 17.9 Å². The van der Waals surface area contributed by atoms with Crippen LogP contribution < -0.4 is 4.74 Å². The van der Waals surface area contributed by atoms with Gasteiger partial charge in [-0.3, -0.25) is 4.79 Å². The third-order valence-electron chi connectivity index (χ3n) is 6.39. The number of carbonyl (C=O) groups excluding carboxylic acids is 1. The van der Waals surface area contributed by atoms with Crippen LogP contribution in [0, 0.1) is 6.92 Å². The van der Waals surface area contributed by atoms with Gasteiger partial charge >= 0.3 is 12.1 Å². The van der Waals surface area contributed by atoms with Crippen LogP contribution in [-0.2, 0) is 35.3 Å². The summed E-state index contributed by atoms with van der Waals surface area (Å²) in [5.41, 5.74) is 6.93. The maximum Gasteiger partial charge on any atom is 0.410 e. The van der Waals surface area contributed by atoms with Crippen LogP contribution in [0.15, 0.2) is 60.7 Å². The quantitative estimate of drug-likeness (QED) is 0.536. The van der Waals surface area contributed by atoms with Crippen molar-refractivity contribution in [2.45, 2.75) is 38.8 Å². The Morgan fingerprint density at radius 2 is 1.68 bits per heavy atom. The van der Waals surface area contributed by atoms with Gasteiger partial charge in [0, 0.05) is 18.2 Å². The molecular formula is C28H29NO5. The van der Waals surface area contributed by atoms with Crippen LogP contribution in [0.2, 0.25) is 0 Å². The fraction of sp³-hybridized carbons (Fsp3) is 0.286. The fourth-order valence-corrected chi connectivity index (χ4v) is 4.77. The molecule has 0 heterocycles. The van der Waals surface area contributed by atoms with Crippen LogP contribution in [0.3, 0.4) is 0 Å². The number of rotatable bonds is 7. The van der Waals surface area contributed by atoms with E-state index < -0.39 is 5.97 Å². The van der Waals surface area contributed by atoms with Gasteiger partial charge in [-0.15, -0.1) is 0 Å². The number of carbonyl (C=O) groups is 2. The minimum Gasteiger partial charge on any atom is -0.496 e. The zero-order valence-corrected chi connectivity index (χ0v) is 19.7. The molecule has 0 aliphatic heterocycles. The van der Waals surface area contributed by atoms with Crippen LogP contribution in [0.1, 0.15) is 27.8 Å². The molecule has 4 rings (SSSR count). The first kappa shape index (κ1) is 23.4. The minimum atomic E-state index is -0.891. The van der Waals surface area contributed by atoms with Crippen molar-refractivity contribution < 1.29 is 24.2 Å². The van der Waals surface area contributed by atoms with Crippen molar-refractivity contribution in [1.82, 2.24) is 4.90 Å². The Hall–Kier alpha value is -3.80. The van der Waals surface area contributed by atoms with Crippen molar-refractivity contribution in [3.05, 3.63) is 88.5 Å². The van der Waals surface area contributed by atoms with E-state index in [1.54, 1.807) is 24.1 Å². The molecule has 1 aliphatic carbocycles. The first-order valence-corrected chi connectivity index (χ1v) is 11.3. The lowest BCUT2D eigenvalue weighted by molar-refractivity contribution is -0.136. The zero-order valence-electron chi connectivity index (χ0n) is 19.7. The molecule has 0 unspecified atom stereocenters. The van der Waals surface area contributed by atoms with Gasteiger partial charge in [0.1, 0.15) is 5.75 Å². The highest BCUT2D eigenvalue weighted by Crippen LogP contribution is 2.36. The van der Waals surface area contributed by atoms with Gasteiger partial charge < -0.3 is 19.5 Å². The number of hydrogen-bond donors (Lipinski definition) is 1. The third kappa shape index (κ3) is 4.91. The largest absolute Gasteiger partial charge is 0.496 e. The Bertz CT molecular complexity index is 1190. The van der Waals surface area contributed by atoms with Crippen molar-refractivity contribution in [3.63, 3.8) is 0 Å². The SMILES string of the molecule is COC(=O)N(Cc1cc(C)ccc1-c1cc(CC(=O)O)ccc1OC)C1Cc2ccccc2C1. The molecule has 0 atom stereocenters. The number of aliphatic carboxylic acids is 1. The molecule has 176 valence electrons. The summed E-state index contributed by atoms with van der Waals surface area (Å²) in [6.45, 7) is 2.38. The average molecular weight is 460 g/mol. The predicted molar refractivity (Wildman–Crippen MR) is 130 cm³/mol. The maximum atomic E-state index is 12.9. The average Bonchev–Trinajstić information content (AvgIpc) is 3.25. The summed E-state index contributed by atoms with van der Waals surface area (Å²) in [6.07, 6.45) is 1.12. The Kier molecular flexibility index (Phi) is 6.87. The third-order valence-corrected chi connectivity index (χ3v) is 6.39. The van der Waals surface area contributed by atoms with E-state index in [2.05, 4.69) is 18.2 Å². The lowest BCUT2D eigenvalue weighted by Crippen LogP contribution is -2.40. The molecule has 0 spiro atoms. The predicted octanol–water partition coefficient (Wildman–Crippen LogP) is 5.03. The smallest absolute Gasteiger partial charge is 0.410 e. The first-order valence-electron chi connectivity index (χ1n) is 11.3. The summed E-state index contributed by atoms with van der Waals surface area (Å²) in [5, 5.41) is 9.26. The number of benzene rings is 3. The van der Waals surface area contributed by atoms with Gasteiger partial charge in [-0.05, 0) is 59.7 Å². The van der Waals surface area contributed by atoms with Gasteiger partial charge in [0.25, 0.3) is 0 Å². The van der Waals surface area contributed by atoms with Gasteiger partial charge in [-0.1, -0.05) is 54.1 Å². The van der Waals surface area contributed by atoms with Gasteiger partial charge in [-0.2, -0.15) is 0 Å². The highest BCUT2D eigenvalue weighted by Gasteiger charge is 2.31. The van der Waals surface area contributed by atoms with Crippen LogP contribution in [0.25, 0.3) is 11.1 Å². The van der Waals surface area contributed by atoms with E-state index in [9.17, 15) is 14.7 Å². The van der Waals surface area contributed by atoms with E-state index >= 15 is 0 Å². The van der Waals surface area contributed by atoms with Gasteiger partial charge in [0.2, 0.25) is 0 Å². The number of amides is 1. The summed E-state index contributed by atoms with van der Waals surface area (Å²) in [6, 6.07) is 19.8. The topological polar surface area (TPSA) is 76.1 Å². The number of ether oxygens (including phenoxy) is 2. The molecule has 6 nitrogen and oxygen atoms in total. The number of fused-ring (bicyclic) bond motifs is 1. The van der Waals surface area contributed by atoms with E-state index in [-0.39, 0.29) is 18.6 Å². The molecular weight excluding hydrogens is 430 g/mol. The maximum absolute atomic E-state index is 12.9. The van der Waals surface area contributed by atoms with Crippen LogP contribution >= 0.6 is 0 Å². The molecule has 0 bridgehead atoms. The second kappa shape index (κ2) is 10.00. The highest BCUT2D eigenvalue weighted by molar-refractivity contribution is 5.77. The molecule has 3 aromatic carbocycles. The van der Waals surface area contributed by atoms with Gasteiger partial charge in [0.05, 0.1) is 20.6 Å². The van der Waals surface area contributed by atoms with Crippen molar-refractivity contribution in [1.29, 1.82) is 0 Å². The summed E-state index contributed by atoms with van der Waals surface area (Å²) in [7, 11) is 3.01. The Labute approximate surface area is 199 Å². The molecule has 0 saturated carbocycles. The zero-order chi connectivity index (χ0) is 24.2. The van der Waals surface area contributed by atoms with E-state index in [0.717, 1.165) is 35.1 Å². The van der Waals surface area contributed by atoms with Crippen molar-refractivity contribution in [3.8, 4) is 16.9 Å². The number of nitrogens with zero attached hydrogens (tertiary/aromatic N) is 1. The van der Waals surface area contributed by atoms with E-state index in [1.807, 2.05) is 37.3 Å². The van der Waals surface area contributed by atoms with Crippen LogP contribution in [0.4, 0.5) is 4.79 Å². The molecule has 0 aromatic heterocycles. The second-order valence-electron chi connectivity index (χ2n) is 8.69. The lowest BCUT2D eigenvalue weighted by atomic mass is 9.94. The molecule has 0 fully saturated rings. The normalized spacial score (nSPS) is 12.8. The van der Waals surface area contributed by atoms with E-state index in [4.69, 9.17) is 9.47 Å². The van der Waals surface area contributed by atoms with Crippen molar-refractivity contribution in [2.75, 3.05) is 14.2 Å². The molecule has 6 heteroatoms. The molecule has 1 amide bonds. The number of methoxy groups -OCH3 is 2. The second-order valence-corrected chi connectivity index (χ2v) is 8.69. The molecule has 3 aromatic rings. The van der Waals surface area contributed by atoms with Gasteiger partial charge in [-0.25, -0.2) is 4.79 Å². The summed E-state index contributed by atoms with van der Waals surface area (Å²) in [4.78, 5) is 26.0. The van der Waals surface area contributed by atoms with Gasteiger partial charge in [0.15, 0.2) is 0 Å². The molecule has 34 heavy (non-hydrogen) atoms. The van der Waals surface area contributed by atoms with Crippen LogP contribution in [0.5, 0.6) is 5.75 Å². The first-order chi connectivity index (χ1) is 16.4. The number of hydrogen-bond acceptors (Lipinski definition) is 4. The lowest BCUT2D eigenvalue weighted by Gasteiger charge is -2.29. The van der Waals surface area contributed by atoms with Crippen LogP contribution in [-0.4, -0.2) is 42.3 Å². The Morgan fingerprint density at radius 3 is 2.29 bits per heavy atom. The van der Waals surface area contributed by atoms with Crippen molar-refractivity contribution in [2.24, 2.45) is 0 Å². The molecule has 0 saturated heterocycles. The standard InChI is InChI=1S/C28H29NO5/c1-18-8-10-24(25-13-19(14-27(30)31)9-11-26(25)33-2)22(12-18)17-29(28(32)34-3)23-15-20-6-4-5-7-21(20)16-23/h4-13,23H,14-17H2,1-3H3,(H,30,31). The number of carboxylic acids is 1. The molecule has 0 radical (unpaired) electrons. The minimum absolute atomic E-state index is 0.00143. The summed E-state index contributed by atoms with van der Waals surface area (Å²) in [5.74, 6) is -0.241. The Morgan fingerprint density at radius 1 is 0.971 bits per heavy atom.